The quantitative estimate of drug-likeness (QED) is 0.434. The van der Waals surface area contributed by atoms with Crippen LogP contribution in [0.2, 0.25) is 0 Å². The summed E-state index contributed by atoms with van der Waals surface area (Å²) in [4.78, 5) is 20.2. The normalized spacial score (nSPS) is 9.32. The number of hydrogen-bond donors (Lipinski definition) is 2. The molecule has 0 aromatic carbocycles. The molecule has 0 spiro atoms. The molecule has 0 saturated heterocycles. The van der Waals surface area contributed by atoms with Crippen LogP contribution in [0.25, 0.3) is 0 Å². The van der Waals surface area contributed by atoms with Crippen LogP contribution in [-0.2, 0) is 24.4 Å². The Bertz CT molecular complexity index is 452. The Labute approximate surface area is 132 Å². The molecule has 0 unspecified atom stereocenters. The van der Waals surface area contributed by atoms with E-state index in [0.717, 1.165) is 6.42 Å². The molecule has 2 N–H and O–H groups in total. The first-order chi connectivity index (χ1) is 9.88. The van der Waals surface area contributed by atoms with E-state index >= 15 is 0 Å². The zero-order chi connectivity index (χ0) is 18.3. The number of rotatable bonds is 6. The third kappa shape index (κ3) is 26.8. The number of hydrogen-bond acceptors (Lipinski definition) is 5. The van der Waals surface area contributed by atoms with Crippen molar-refractivity contribution in [3.63, 3.8) is 0 Å². The van der Waals surface area contributed by atoms with E-state index in [4.69, 9.17) is 14.4 Å². The molecular weight excluding hydrogens is 312 g/mol. The molecule has 0 atom stereocenters. The third-order valence-electron chi connectivity index (χ3n) is 1.61. The Morgan fingerprint density at radius 1 is 1.05 bits per heavy atom. The van der Waals surface area contributed by atoms with E-state index in [2.05, 4.69) is 13.2 Å². The van der Waals surface area contributed by atoms with Crippen LogP contribution in [0.3, 0.4) is 0 Å². The number of carbonyl (C=O) groups excluding carboxylic acids is 1. The number of carboxylic acids is 1. The highest BCUT2D eigenvalue weighted by Crippen LogP contribution is 1.91. The van der Waals surface area contributed by atoms with E-state index in [9.17, 15) is 18.0 Å². The molecule has 0 saturated carbocycles. The topological polar surface area (TPSA) is 118 Å². The van der Waals surface area contributed by atoms with Gasteiger partial charge in [0.05, 0.1) is 12.4 Å². The predicted octanol–water partition coefficient (Wildman–Crippen LogP) is 2.45. The molecule has 8 heteroatoms. The van der Waals surface area contributed by atoms with Gasteiger partial charge in [-0.3, -0.25) is 4.55 Å². The van der Waals surface area contributed by atoms with E-state index in [0.29, 0.717) is 18.6 Å². The summed E-state index contributed by atoms with van der Waals surface area (Å²) in [6.07, 6.45) is 1.33. The molecule has 0 aliphatic rings. The molecule has 0 aliphatic carbocycles. The van der Waals surface area contributed by atoms with Crippen molar-refractivity contribution >= 4 is 22.1 Å². The minimum absolute atomic E-state index is 0.132. The van der Waals surface area contributed by atoms with Crippen molar-refractivity contribution in [3.8, 4) is 0 Å². The maximum Gasteiger partial charge on any atom is 0.333 e. The van der Waals surface area contributed by atoms with Crippen molar-refractivity contribution in [2.75, 3.05) is 12.4 Å². The second-order valence-corrected chi connectivity index (χ2v) is 5.86. The molecule has 0 aromatic rings. The van der Waals surface area contributed by atoms with Crippen molar-refractivity contribution in [1.82, 2.24) is 0 Å². The van der Waals surface area contributed by atoms with Gasteiger partial charge in [0, 0.05) is 11.1 Å². The monoisotopic (exact) mass is 338 g/mol. The fraction of sp³-hybridized carbons (Fsp3) is 0.571. The summed E-state index contributed by atoms with van der Waals surface area (Å²) >= 11 is 0. The molecule has 7 nitrogen and oxygen atoms in total. The Balaban J connectivity index is -0.000000252. The number of esters is 1. The number of carboxylic acid groups (broad SMARTS) is 1. The molecule has 0 aliphatic heterocycles. The third-order valence-corrected chi connectivity index (χ3v) is 2.54. The first-order valence-electron chi connectivity index (χ1n) is 6.55. The van der Waals surface area contributed by atoms with Crippen molar-refractivity contribution < 1.29 is 32.4 Å². The Hall–Kier alpha value is -1.67. The van der Waals surface area contributed by atoms with Crippen LogP contribution in [0, 0.1) is 0 Å². The van der Waals surface area contributed by atoms with Crippen molar-refractivity contribution in [1.29, 1.82) is 0 Å². The maximum absolute atomic E-state index is 10.6. The van der Waals surface area contributed by atoms with Crippen LogP contribution in [0.5, 0.6) is 0 Å². The standard InChI is InChI=1S/C7H12O2.C4H6O2.C3H8O3S/c1-4-5-9-7(8)6(2)3;1-3(2)4(5)6;1-2-3-7(4,5)6/h2,4-5H2,1,3H3;1H2,2H3,(H,5,6);2-3H2,1H3,(H,4,5,6). The Morgan fingerprint density at radius 3 is 1.59 bits per heavy atom. The molecule has 0 fully saturated rings. The van der Waals surface area contributed by atoms with Crippen LogP contribution < -0.4 is 0 Å². The van der Waals surface area contributed by atoms with E-state index in [-0.39, 0.29) is 17.3 Å². The van der Waals surface area contributed by atoms with E-state index < -0.39 is 16.1 Å². The summed E-state index contributed by atoms with van der Waals surface area (Å²) in [5.74, 6) is -1.36. The van der Waals surface area contributed by atoms with Gasteiger partial charge in [0.15, 0.2) is 0 Å². The summed E-state index contributed by atoms with van der Waals surface area (Å²) in [5, 5.41) is 7.89. The van der Waals surface area contributed by atoms with E-state index in [1.165, 1.54) is 6.92 Å². The lowest BCUT2D eigenvalue weighted by Gasteiger charge is -1.99. The summed E-state index contributed by atoms with van der Waals surface area (Å²) in [7, 11) is -3.67. The fourth-order valence-corrected chi connectivity index (χ4v) is 1.09. The first kappa shape index (κ1) is 25.3. The van der Waals surface area contributed by atoms with Crippen molar-refractivity contribution in [2.24, 2.45) is 0 Å². The highest BCUT2D eigenvalue weighted by molar-refractivity contribution is 7.85. The van der Waals surface area contributed by atoms with Crippen LogP contribution in [0.1, 0.15) is 40.5 Å². The molecular formula is C14H26O7S. The van der Waals surface area contributed by atoms with Gasteiger partial charge in [-0.2, -0.15) is 8.42 Å². The lowest BCUT2D eigenvalue weighted by Crippen LogP contribution is -2.04. The summed E-state index contributed by atoms with van der Waals surface area (Å²) in [6, 6.07) is 0. The maximum atomic E-state index is 10.6. The van der Waals surface area contributed by atoms with Gasteiger partial charge >= 0.3 is 11.9 Å². The van der Waals surface area contributed by atoms with Gasteiger partial charge < -0.3 is 9.84 Å². The van der Waals surface area contributed by atoms with Gasteiger partial charge in [-0.15, -0.1) is 0 Å². The van der Waals surface area contributed by atoms with Crippen LogP contribution in [-0.4, -0.2) is 42.4 Å². The van der Waals surface area contributed by atoms with Gasteiger partial charge in [0.2, 0.25) is 0 Å². The van der Waals surface area contributed by atoms with Crippen LogP contribution >= 0.6 is 0 Å². The molecule has 130 valence electrons. The number of carbonyl (C=O) groups is 2. The number of aliphatic carboxylic acids is 1. The SMILES string of the molecule is C=C(C)C(=O)O.C=C(C)C(=O)OCCC.CCCS(=O)(=O)O. The molecule has 0 amide bonds. The lowest BCUT2D eigenvalue weighted by molar-refractivity contribution is -0.139. The van der Waals surface area contributed by atoms with Crippen molar-refractivity contribution in [3.05, 3.63) is 24.3 Å². The van der Waals surface area contributed by atoms with E-state index in [1.807, 2.05) is 6.92 Å². The number of ether oxygens (including phenoxy) is 1. The Morgan fingerprint density at radius 2 is 1.45 bits per heavy atom. The van der Waals surface area contributed by atoms with Gasteiger partial charge in [-0.05, 0) is 26.7 Å². The van der Waals surface area contributed by atoms with Gasteiger partial charge in [0.1, 0.15) is 0 Å². The highest BCUT2D eigenvalue weighted by Gasteiger charge is 1.99. The molecule has 0 heterocycles. The summed E-state index contributed by atoms with van der Waals surface area (Å²) < 4.78 is 32.3. The Kier molecular flexibility index (Phi) is 16.4. The van der Waals surface area contributed by atoms with Gasteiger partial charge in [-0.25, -0.2) is 9.59 Å². The zero-order valence-corrected chi connectivity index (χ0v) is 14.4. The molecule has 0 bridgehead atoms. The van der Waals surface area contributed by atoms with E-state index in [1.54, 1.807) is 13.8 Å². The average molecular weight is 338 g/mol. The minimum atomic E-state index is -3.67. The van der Waals surface area contributed by atoms with Crippen LogP contribution in [0.4, 0.5) is 0 Å². The molecule has 22 heavy (non-hydrogen) atoms. The highest BCUT2D eigenvalue weighted by atomic mass is 32.2. The summed E-state index contributed by atoms with van der Waals surface area (Å²) in [5.41, 5.74) is 0.637. The average Bonchev–Trinajstić information content (AvgIpc) is 2.35. The van der Waals surface area contributed by atoms with Crippen molar-refractivity contribution in [2.45, 2.75) is 40.5 Å². The first-order valence-corrected chi connectivity index (χ1v) is 8.16. The molecule has 0 aromatic heterocycles. The second-order valence-electron chi connectivity index (χ2n) is 4.29. The predicted molar refractivity (Wildman–Crippen MR) is 85.2 cm³/mol. The largest absolute Gasteiger partial charge is 0.478 e. The fourth-order valence-electron chi connectivity index (χ4n) is 0.576. The van der Waals surface area contributed by atoms with Gasteiger partial charge in [0.25, 0.3) is 10.1 Å². The summed E-state index contributed by atoms with van der Waals surface area (Å²) in [6.45, 7) is 13.8. The minimum Gasteiger partial charge on any atom is -0.478 e. The lowest BCUT2D eigenvalue weighted by atomic mass is 10.4. The zero-order valence-electron chi connectivity index (χ0n) is 13.6. The van der Waals surface area contributed by atoms with Gasteiger partial charge in [-0.1, -0.05) is 27.0 Å². The second kappa shape index (κ2) is 14.3. The smallest absolute Gasteiger partial charge is 0.333 e. The molecule has 0 rings (SSSR count). The molecule has 0 radical (unpaired) electrons. The van der Waals surface area contributed by atoms with Crippen LogP contribution in [0.15, 0.2) is 24.3 Å².